The zero-order valence-corrected chi connectivity index (χ0v) is 12.8. The maximum Gasteiger partial charge on any atom is 0.252 e. The number of carbonyl (C=O) groups excluding carboxylic acids is 1. The number of nitrogen functional groups attached to an aromatic ring is 1. The molecule has 0 aliphatic rings. The molecule has 2 rings (SSSR count). The van der Waals surface area contributed by atoms with Gasteiger partial charge in [-0.1, -0.05) is 18.2 Å². The minimum Gasteiger partial charge on any atom is -0.384 e. The molecule has 2 aromatic rings. The Balaban J connectivity index is 2.12. The van der Waals surface area contributed by atoms with Crippen LogP contribution >= 0.6 is 0 Å². The van der Waals surface area contributed by atoms with Gasteiger partial charge in [0.05, 0.1) is 11.1 Å². The molecule has 1 aromatic heterocycles. The average Bonchev–Trinajstić information content (AvgIpc) is 2.45. The summed E-state index contributed by atoms with van der Waals surface area (Å²) >= 11 is 0. The smallest absolute Gasteiger partial charge is 0.252 e. The van der Waals surface area contributed by atoms with Gasteiger partial charge >= 0.3 is 0 Å². The molecule has 3 N–H and O–H groups in total. The number of amides is 1. The van der Waals surface area contributed by atoms with Crippen LogP contribution < -0.4 is 11.1 Å². The van der Waals surface area contributed by atoms with Gasteiger partial charge in [-0.3, -0.25) is 4.79 Å². The molecule has 0 atom stereocenters. The molecule has 0 aliphatic heterocycles. The number of rotatable bonds is 5. The van der Waals surface area contributed by atoms with Crippen LogP contribution in [0.25, 0.3) is 10.9 Å². The van der Waals surface area contributed by atoms with Gasteiger partial charge in [-0.05, 0) is 33.0 Å². The molecule has 1 aromatic carbocycles. The molecule has 1 amide bonds. The van der Waals surface area contributed by atoms with Crippen LogP contribution in [0.2, 0.25) is 0 Å². The summed E-state index contributed by atoms with van der Waals surface area (Å²) in [7, 11) is 2.04. The molecule has 21 heavy (non-hydrogen) atoms. The van der Waals surface area contributed by atoms with Gasteiger partial charge < -0.3 is 16.0 Å². The van der Waals surface area contributed by atoms with E-state index in [-0.39, 0.29) is 5.91 Å². The van der Waals surface area contributed by atoms with Crippen LogP contribution in [0, 0.1) is 0 Å². The van der Waals surface area contributed by atoms with Gasteiger partial charge in [-0.15, -0.1) is 0 Å². The van der Waals surface area contributed by atoms with Crippen LogP contribution in [0.4, 0.5) is 5.82 Å². The second-order valence-corrected chi connectivity index (χ2v) is 5.44. The van der Waals surface area contributed by atoms with Crippen LogP contribution in [-0.2, 0) is 0 Å². The Bertz CT molecular complexity index is 639. The fourth-order valence-electron chi connectivity index (χ4n) is 2.08. The predicted octanol–water partition coefficient (Wildman–Crippen LogP) is 1.89. The van der Waals surface area contributed by atoms with E-state index in [0.29, 0.717) is 24.0 Å². The molecular weight excluding hydrogens is 264 g/mol. The number of benzene rings is 1. The van der Waals surface area contributed by atoms with Crippen molar-refractivity contribution in [1.29, 1.82) is 0 Å². The SMILES string of the molecule is CC(C)N(C)CCNC(=O)c1cc(N)nc2ccccc12. The van der Waals surface area contributed by atoms with Crippen molar-refractivity contribution in [2.75, 3.05) is 25.9 Å². The Morgan fingerprint density at radius 1 is 1.38 bits per heavy atom. The number of hydrogen-bond acceptors (Lipinski definition) is 4. The highest BCUT2D eigenvalue weighted by atomic mass is 16.1. The summed E-state index contributed by atoms with van der Waals surface area (Å²) in [5, 5.41) is 3.76. The summed E-state index contributed by atoms with van der Waals surface area (Å²) in [6.45, 7) is 5.66. The number of pyridine rings is 1. The van der Waals surface area contributed by atoms with Crippen molar-refractivity contribution in [3.05, 3.63) is 35.9 Å². The van der Waals surface area contributed by atoms with E-state index in [9.17, 15) is 4.79 Å². The topological polar surface area (TPSA) is 71.2 Å². The first-order valence-corrected chi connectivity index (χ1v) is 7.12. The van der Waals surface area contributed by atoms with E-state index in [0.717, 1.165) is 17.4 Å². The summed E-state index contributed by atoms with van der Waals surface area (Å²) in [4.78, 5) is 18.8. The monoisotopic (exact) mass is 286 g/mol. The lowest BCUT2D eigenvalue weighted by Gasteiger charge is -2.21. The standard InChI is InChI=1S/C16H22N4O/c1-11(2)20(3)9-8-18-16(21)13-10-15(17)19-14-7-5-4-6-12(13)14/h4-7,10-11H,8-9H2,1-3H3,(H2,17,19)(H,18,21). The zero-order chi connectivity index (χ0) is 15.4. The molecule has 0 aliphatic carbocycles. The maximum absolute atomic E-state index is 12.3. The molecule has 0 unspecified atom stereocenters. The number of aromatic nitrogens is 1. The number of nitrogens with two attached hydrogens (primary N) is 1. The highest BCUT2D eigenvalue weighted by Gasteiger charge is 2.12. The lowest BCUT2D eigenvalue weighted by atomic mass is 10.1. The Morgan fingerprint density at radius 2 is 2.10 bits per heavy atom. The molecule has 0 bridgehead atoms. The van der Waals surface area contributed by atoms with Gasteiger partial charge in [0.25, 0.3) is 5.91 Å². The van der Waals surface area contributed by atoms with Gasteiger partial charge in [0, 0.05) is 24.5 Å². The van der Waals surface area contributed by atoms with Crippen LogP contribution in [0.3, 0.4) is 0 Å². The van der Waals surface area contributed by atoms with Crippen molar-refractivity contribution < 1.29 is 4.79 Å². The number of likely N-dealkylation sites (N-methyl/N-ethyl adjacent to an activating group) is 1. The normalized spacial score (nSPS) is 11.3. The van der Waals surface area contributed by atoms with Crippen LogP contribution in [0.5, 0.6) is 0 Å². The molecule has 112 valence electrons. The Kier molecular flexibility index (Phi) is 4.75. The third-order valence-corrected chi connectivity index (χ3v) is 3.61. The lowest BCUT2D eigenvalue weighted by molar-refractivity contribution is 0.0949. The molecule has 0 saturated carbocycles. The number of para-hydroxylation sites is 1. The van der Waals surface area contributed by atoms with E-state index in [1.807, 2.05) is 31.3 Å². The van der Waals surface area contributed by atoms with Crippen molar-refractivity contribution in [2.45, 2.75) is 19.9 Å². The maximum atomic E-state index is 12.3. The number of nitrogens with one attached hydrogen (secondary N) is 1. The summed E-state index contributed by atoms with van der Waals surface area (Å²) in [5.41, 5.74) is 7.09. The van der Waals surface area contributed by atoms with Crippen molar-refractivity contribution in [1.82, 2.24) is 15.2 Å². The highest BCUT2D eigenvalue weighted by Crippen LogP contribution is 2.19. The van der Waals surface area contributed by atoms with Gasteiger partial charge in [-0.25, -0.2) is 4.98 Å². The van der Waals surface area contributed by atoms with Crippen LogP contribution in [0.1, 0.15) is 24.2 Å². The number of carbonyl (C=O) groups is 1. The molecule has 0 spiro atoms. The van der Waals surface area contributed by atoms with Crippen molar-refractivity contribution in [3.63, 3.8) is 0 Å². The number of anilines is 1. The molecule has 0 saturated heterocycles. The summed E-state index contributed by atoms with van der Waals surface area (Å²) in [5.74, 6) is 0.246. The fraction of sp³-hybridized carbons (Fsp3) is 0.375. The van der Waals surface area contributed by atoms with Gasteiger partial charge in [0.1, 0.15) is 5.82 Å². The first-order valence-electron chi connectivity index (χ1n) is 7.12. The molecule has 0 fully saturated rings. The first kappa shape index (κ1) is 15.3. The van der Waals surface area contributed by atoms with Gasteiger partial charge in [-0.2, -0.15) is 0 Å². The van der Waals surface area contributed by atoms with Crippen LogP contribution in [-0.4, -0.2) is 42.0 Å². The largest absolute Gasteiger partial charge is 0.384 e. The Labute approximate surface area is 125 Å². The van der Waals surface area contributed by atoms with E-state index >= 15 is 0 Å². The Hall–Kier alpha value is -2.14. The van der Waals surface area contributed by atoms with E-state index < -0.39 is 0 Å². The minimum atomic E-state index is -0.113. The fourth-order valence-corrected chi connectivity index (χ4v) is 2.08. The predicted molar refractivity (Wildman–Crippen MR) is 86.3 cm³/mol. The number of nitrogens with zero attached hydrogens (tertiary/aromatic N) is 2. The van der Waals surface area contributed by atoms with E-state index in [2.05, 4.69) is 29.0 Å². The van der Waals surface area contributed by atoms with Crippen molar-refractivity contribution >= 4 is 22.6 Å². The second-order valence-electron chi connectivity index (χ2n) is 5.44. The third-order valence-electron chi connectivity index (χ3n) is 3.61. The zero-order valence-electron chi connectivity index (χ0n) is 12.8. The van der Waals surface area contributed by atoms with E-state index in [1.165, 1.54) is 0 Å². The molecule has 0 radical (unpaired) electrons. The first-order chi connectivity index (χ1) is 9.99. The quantitative estimate of drug-likeness (QED) is 0.880. The third kappa shape index (κ3) is 3.70. The van der Waals surface area contributed by atoms with E-state index in [1.54, 1.807) is 6.07 Å². The highest BCUT2D eigenvalue weighted by molar-refractivity contribution is 6.06. The van der Waals surface area contributed by atoms with Crippen molar-refractivity contribution in [2.24, 2.45) is 0 Å². The molecule has 5 nitrogen and oxygen atoms in total. The molecule has 5 heteroatoms. The molecule has 1 heterocycles. The van der Waals surface area contributed by atoms with E-state index in [4.69, 9.17) is 5.73 Å². The lowest BCUT2D eigenvalue weighted by Crippen LogP contribution is -2.36. The summed E-state index contributed by atoms with van der Waals surface area (Å²) in [6, 6.07) is 9.60. The minimum absolute atomic E-state index is 0.113. The molecular formula is C16H22N4O. The second kappa shape index (κ2) is 6.54. The van der Waals surface area contributed by atoms with Crippen LogP contribution in [0.15, 0.2) is 30.3 Å². The average molecular weight is 286 g/mol. The summed E-state index contributed by atoms with van der Waals surface area (Å²) < 4.78 is 0. The van der Waals surface area contributed by atoms with Gasteiger partial charge in [0.2, 0.25) is 0 Å². The summed E-state index contributed by atoms with van der Waals surface area (Å²) in [6.07, 6.45) is 0. The Morgan fingerprint density at radius 3 is 2.81 bits per heavy atom. The number of fused-ring (bicyclic) bond motifs is 1. The van der Waals surface area contributed by atoms with Gasteiger partial charge in [0.15, 0.2) is 0 Å². The van der Waals surface area contributed by atoms with Crippen molar-refractivity contribution in [3.8, 4) is 0 Å². The number of hydrogen-bond donors (Lipinski definition) is 2.